The van der Waals surface area contributed by atoms with Crippen molar-refractivity contribution in [2.45, 2.75) is 51.4 Å². The predicted octanol–water partition coefficient (Wildman–Crippen LogP) is 5.16. The third kappa shape index (κ3) is 5.31. The number of ether oxygens (including phenoxy) is 1. The Morgan fingerprint density at radius 3 is 2.06 bits per heavy atom. The van der Waals surface area contributed by atoms with E-state index in [1.165, 1.54) is 11.1 Å². The minimum atomic E-state index is -0.181. The lowest BCUT2D eigenvalue weighted by Gasteiger charge is -2.42. The zero-order valence-corrected chi connectivity index (χ0v) is 21.1. The van der Waals surface area contributed by atoms with Crippen LogP contribution < -0.4 is 5.32 Å². The Kier molecular flexibility index (Phi) is 7.11. The van der Waals surface area contributed by atoms with Gasteiger partial charge in [-0.1, -0.05) is 58.0 Å². The molecule has 5 heteroatoms. The summed E-state index contributed by atoms with van der Waals surface area (Å²) >= 11 is 0. The maximum absolute atomic E-state index is 13.4. The van der Waals surface area contributed by atoms with Gasteiger partial charge in [-0.15, -0.1) is 0 Å². The minimum absolute atomic E-state index is 0.0126. The molecule has 3 aromatic carbocycles. The average molecular weight is 474 g/mol. The van der Waals surface area contributed by atoms with Gasteiger partial charge in [-0.2, -0.15) is 0 Å². The van der Waals surface area contributed by atoms with E-state index in [1.54, 1.807) is 6.07 Å². The third-order valence-corrected chi connectivity index (χ3v) is 7.25. The summed E-state index contributed by atoms with van der Waals surface area (Å²) in [6.07, 6.45) is 2.24. The summed E-state index contributed by atoms with van der Waals surface area (Å²) in [5.41, 5.74) is 4.70. The number of amides is 1. The molecule has 2 N–H and O–H groups in total. The molecule has 1 amide bonds. The van der Waals surface area contributed by atoms with Crippen LogP contribution in [0.3, 0.4) is 0 Å². The summed E-state index contributed by atoms with van der Waals surface area (Å²) in [4.78, 5) is 25.9. The van der Waals surface area contributed by atoms with E-state index in [0.29, 0.717) is 29.8 Å². The highest BCUT2D eigenvalue weighted by atomic mass is 16.5. The van der Waals surface area contributed by atoms with Gasteiger partial charge in [-0.25, -0.2) is 0 Å². The Labute approximate surface area is 207 Å². The van der Waals surface area contributed by atoms with Crippen molar-refractivity contribution in [3.05, 3.63) is 82.4 Å². The van der Waals surface area contributed by atoms with Crippen LogP contribution in [-0.4, -0.2) is 43.2 Å². The van der Waals surface area contributed by atoms with Crippen molar-refractivity contribution in [3.8, 4) is 0 Å². The molecule has 0 heterocycles. The smallest absolute Gasteiger partial charge is 0.251 e. The second-order valence-corrected chi connectivity index (χ2v) is 10.7. The minimum Gasteiger partial charge on any atom is -0.394 e. The number of aliphatic hydroxyl groups is 1. The van der Waals surface area contributed by atoms with Crippen LogP contribution in [0.15, 0.2) is 54.6 Å². The molecule has 0 fully saturated rings. The van der Waals surface area contributed by atoms with E-state index < -0.39 is 0 Å². The summed E-state index contributed by atoms with van der Waals surface area (Å²) in [5.74, 6) is -0.169. The monoisotopic (exact) mass is 473 g/mol. The van der Waals surface area contributed by atoms with Crippen molar-refractivity contribution < 1.29 is 19.4 Å². The maximum atomic E-state index is 13.4. The molecule has 1 aliphatic rings. The molecule has 0 saturated carbocycles. The highest BCUT2D eigenvalue weighted by Gasteiger charge is 2.37. The summed E-state index contributed by atoms with van der Waals surface area (Å²) in [5, 5.41) is 13.4. The fourth-order valence-electron chi connectivity index (χ4n) is 4.93. The van der Waals surface area contributed by atoms with Gasteiger partial charge in [0.25, 0.3) is 5.91 Å². The quantitative estimate of drug-likeness (QED) is 0.350. The highest BCUT2D eigenvalue weighted by molar-refractivity contribution is 6.11. The number of hydrogen-bond acceptors (Lipinski definition) is 4. The predicted molar refractivity (Wildman–Crippen MR) is 139 cm³/mol. The van der Waals surface area contributed by atoms with Gasteiger partial charge in [0.1, 0.15) is 0 Å². The molecule has 0 atom stereocenters. The number of hydrogen-bond donors (Lipinski definition) is 2. The van der Waals surface area contributed by atoms with Crippen LogP contribution in [0.1, 0.15) is 77.9 Å². The Morgan fingerprint density at radius 2 is 1.37 bits per heavy atom. The van der Waals surface area contributed by atoms with Crippen LogP contribution in [-0.2, 0) is 15.6 Å². The Morgan fingerprint density at radius 1 is 0.800 bits per heavy atom. The van der Waals surface area contributed by atoms with Crippen molar-refractivity contribution in [3.63, 3.8) is 0 Å². The number of benzene rings is 3. The fourth-order valence-corrected chi connectivity index (χ4v) is 4.93. The zero-order chi connectivity index (χ0) is 25.2. The normalized spacial score (nSPS) is 16.0. The van der Waals surface area contributed by atoms with Gasteiger partial charge in [-0.05, 0) is 69.8 Å². The Bertz CT molecular complexity index is 1260. The van der Waals surface area contributed by atoms with E-state index >= 15 is 0 Å². The lowest BCUT2D eigenvalue weighted by atomic mass is 9.63. The van der Waals surface area contributed by atoms with Crippen molar-refractivity contribution in [2.75, 3.05) is 26.4 Å². The van der Waals surface area contributed by atoms with Crippen LogP contribution in [0.4, 0.5) is 0 Å². The van der Waals surface area contributed by atoms with Gasteiger partial charge in [0, 0.05) is 23.2 Å². The molecule has 1 aliphatic carbocycles. The first-order chi connectivity index (χ1) is 16.6. The zero-order valence-electron chi connectivity index (χ0n) is 21.1. The van der Waals surface area contributed by atoms with Crippen molar-refractivity contribution in [1.82, 2.24) is 5.32 Å². The van der Waals surface area contributed by atoms with Gasteiger partial charge in [-0.3, -0.25) is 9.59 Å². The number of fused-ring (bicyclic) bond motifs is 2. The first-order valence-corrected chi connectivity index (χ1v) is 12.3. The number of carbonyl (C=O) groups excluding carboxylic acids is 2. The molecule has 0 aromatic heterocycles. The van der Waals surface area contributed by atoms with Gasteiger partial charge in [0.2, 0.25) is 0 Å². The van der Waals surface area contributed by atoms with Gasteiger partial charge in [0.15, 0.2) is 5.78 Å². The lowest BCUT2D eigenvalue weighted by molar-refractivity contribution is 0.0838. The van der Waals surface area contributed by atoms with E-state index in [9.17, 15) is 9.59 Å². The Hall–Kier alpha value is -3.02. The molecular formula is C30H35NO4. The fraction of sp³-hybridized carbons (Fsp3) is 0.400. The highest BCUT2D eigenvalue weighted by Crippen LogP contribution is 2.46. The molecule has 5 nitrogen and oxygen atoms in total. The molecule has 0 aliphatic heterocycles. The Balaban J connectivity index is 1.54. The van der Waals surface area contributed by atoms with Crippen LogP contribution >= 0.6 is 0 Å². The molecule has 0 radical (unpaired) electrons. The molecule has 4 rings (SSSR count). The topological polar surface area (TPSA) is 75.6 Å². The molecule has 35 heavy (non-hydrogen) atoms. The number of aliphatic hydroxyl groups excluding tert-OH is 1. The molecule has 0 unspecified atom stereocenters. The van der Waals surface area contributed by atoms with Gasteiger partial charge in [0.05, 0.1) is 19.8 Å². The van der Waals surface area contributed by atoms with E-state index in [4.69, 9.17) is 9.84 Å². The first kappa shape index (κ1) is 25.1. The van der Waals surface area contributed by atoms with Crippen molar-refractivity contribution >= 4 is 22.5 Å². The van der Waals surface area contributed by atoms with E-state index in [2.05, 4.69) is 45.1 Å². The van der Waals surface area contributed by atoms with E-state index in [-0.39, 0.29) is 35.7 Å². The van der Waals surface area contributed by atoms with Crippen LogP contribution in [0, 0.1) is 0 Å². The summed E-state index contributed by atoms with van der Waals surface area (Å²) < 4.78 is 5.17. The van der Waals surface area contributed by atoms with Crippen molar-refractivity contribution in [1.29, 1.82) is 0 Å². The molecule has 3 aromatic rings. The largest absolute Gasteiger partial charge is 0.394 e. The second kappa shape index (κ2) is 9.92. The van der Waals surface area contributed by atoms with Crippen LogP contribution in [0.2, 0.25) is 0 Å². The summed E-state index contributed by atoms with van der Waals surface area (Å²) in [6.45, 7) is 10.0. The van der Waals surface area contributed by atoms with E-state index in [1.807, 2.05) is 36.4 Å². The second-order valence-electron chi connectivity index (χ2n) is 10.7. The van der Waals surface area contributed by atoms with Crippen LogP contribution in [0.25, 0.3) is 10.8 Å². The number of ketones is 1. The van der Waals surface area contributed by atoms with Crippen molar-refractivity contribution in [2.24, 2.45) is 0 Å². The molecule has 0 bridgehead atoms. The summed E-state index contributed by atoms with van der Waals surface area (Å²) in [7, 11) is 0. The standard InChI is InChI=1S/C30H35NO4/c1-29(2)11-12-30(3,4)26-19-23(9-10-25(26)29)27(33)22-7-5-21-18-24(8-6-20(21)17-22)28(34)31-13-15-35-16-14-32/h5-10,17-19,32H,11-16H2,1-4H3,(H,31,34). The van der Waals surface area contributed by atoms with E-state index in [0.717, 1.165) is 23.6 Å². The number of carbonyl (C=O) groups is 2. The molecule has 0 spiro atoms. The van der Waals surface area contributed by atoms with Crippen LogP contribution in [0.5, 0.6) is 0 Å². The first-order valence-electron chi connectivity index (χ1n) is 12.3. The molecule has 0 saturated heterocycles. The SMILES string of the molecule is CC1(C)CCC(C)(C)c2cc(C(=O)c3ccc4cc(C(=O)NCCOCCO)ccc4c3)ccc21. The third-order valence-electron chi connectivity index (χ3n) is 7.25. The van der Waals surface area contributed by atoms with Gasteiger partial charge >= 0.3 is 0 Å². The average Bonchev–Trinajstić information content (AvgIpc) is 2.85. The molecule has 184 valence electrons. The van der Waals surface area contributed by atoms with Gasteiger partial charge < -0.3 is 15.2 Å². The summed E-state index contributed by atoms with van der Waals surface area (Å²) in [6, 6.07) is 17.3. The lowest BCUT2D eigenvalue weighted by Crippen LogP contribution is -2.34. The number of nitrogens with one attached hydrogen (secondary N) is 1. The number of rotatable bonds is 8. The molecular weight excluding hydrogens is 438 g/mol. The maximum Gasteiger partial charge on any atom is 0.251 e.